The zero-order chi connectivity index (χ0) is 13.8. The lowest BCUT2D eigenvalue weighted by Gasteiger charge is -2.38. The van der Waals surface area contributed by atoms with Crippen LogP contribution in [0.2, 0.25) is 10.3 Å². The van der Waals surface area contributed by atoms with Gasteiger partial charge >= 0.3 is 0 Å². The summed E-state index contributed by atoms with van der Waals surface area (Å²) in [5, 5.41) is 4.38. The Morgan fingerprint density at radius 1 is 1.32 bits per heavy atom. The van der Waals surface area contributed by atoms with Crippen LogP contribution in [-0.4, -0.2) is 36.1 Å². The first-order valence-electron chi connectivity index (χ1n) is 6.90. The number of piperazine rings is 1. The number of aromatic nitrogens is 1. The molecule has 0 amide bonds. The van der Waals surface area contributed by atoms with Crippen molar-refractivity contribution in [3.05, 3.63) is 28.0 Å². The van der Waals surface area contributed by atoms with Gasteiger partial charge in [-0.1, -0.05) is 49.5 Å². The van der Waals surface area contributed by atoms with Crippen LogP contribution in [0.15, 0.2) is 12.1 Å². The lowest BCUT2D eigenvalue weighted by Crippen LogP contribution is -2.46. The van der Waals surface area contributed by atoms with Crippen molar-refractivity contribution in [3.8, 4) is 0 Å². The minimum atomic E-state index is 0.323. The number of pyridine rings is 1. The highest BCUT2D eigenvalue weighted by atomic mass is 35.5. The third-order valence-corrected chi connectivity index (χ3v) is 4.40. The van der Waals surface area contributed by atoms with Crippen LogP contribution in [0, 0.1) is 5.92 Å². The molecule has 1 saturated heterocycles. The van der Waals surface area contributed by atoms with Crippen LogP contribution >= 0.6 is 23.2 Å². The maximum atomic E-state index is 6.31. The Morgan fingerprint density at radius 2 is 2.00 bits per heavy atom. The van der Waals surface area contributed by atoms with Crippen molar-refractivity contribution in [1.82, 2.24) is 15.2 Å². The number of nitrogens with one attached hydrogen (secondary N) is 1. The van der Waals surface area contributed by atoms with Crippen LogP contribution in [0.1, 0.15) is 31.9 Å². The first-order chi connectivity index (χ1) is 9.13. The molecular formula is C14H21Cl2N3. The van der Waals surface area contributed by atoms with E-state index in [9.17, 15) is 0 Å². The van der Waals surface area contributed by atoms with E-state index in [1.165, 1.54) is 0 Å². The van der Waals surface area contributed by atoms with Crippen molar-refractivity contribution in [1.29, 1.82) is 0 Å². The molecule has 19 heavy (non-hydrogen) atoms. The molecule has 1 N–H and O–H groups in total. The van der Waals surface area contributed by atoms with Gasteiger partial charge in [-0.05, 0) is 12.0 Å². The van der Waals surface area contributed by atoms with E-state index in [0.717, 1.165) is 38.2 Å². The van der Waals surface area contributed by atoms with Gasteiger partial charge < -0.3 is 5.32 Å². The summed E-state index contributed by atoms with van der Waals surface area (Å²) >= 11 is 12.2. The predicted octanol–water partition coefficient (Wildman–Crippen LogP) is 3.38. The number of hydrogen-bond donors (Lipinski definition) is 1. The molecular weight excluding hydrogens is 281 g/mol. The molecule has 1 fully saturated rings. The van der Waals surface area contributed by atoms with Crippen molar-refractivity contribution in [2.24, 2.45) is 5.92 Å². The minimum Gasteiger partial charge on any atom is -0.314 e. The van der Waals surface area contributed by atoms with Gasteiger partial charge in [0.25, 0.3) is 0 Å². The Balaban J connectivity index is 2.30. The maximum Gasteiger partial charge on any atom is 0.135 e. The molecule has 1 unspecified atom stereocenters. The molecule has 1 aromatic rings. The summed E-state index contributed by atoms with van der Waals surface area (Å²) in [4.78, 5) is 6.70. The summed E-state index contributed by atoms with van der Waals surface area (Å²) in [5.74, 6) is 0.540. The topological polar surface area (TPSA) is 28.2 Å². The van der Waals surface area contributed by atoms with Crippen LogP contribution in [0.5, 0.6) is 0 Å². The molecule has 0 aliphatic carbocycles. The number of halogens is 2. The molecule has 0 bridgehead atoms. The molecule has 0 radical (unpaired) electrons. The van der Waals surface area contributed by atoms with Gasteiger partial charge in [0.05, 0.1) is 0 Å². The molecule has 0 aromatic carbocycles. The van der Waals surface area contributed by atoms with Crippen LogP contribution in [0.4, 0.5) is 0 Å². The maximum absolute atomic E-state index is 6.31. The van der Waals surface area contributed by atoms with E-state index in [2.05, 4.69) is 29.0 Å². The van der Waals surface area contributed by atoms with E-state index in [1.807, 2.05) is 12.1 Å². The smallest absolute Gasteiger partial charge is 0.135 e. The fourth-order valence-corrected chi connectivity index (χ4v) is 3.15. The van der Waals surface area contributed by atoms with Crippen LogP contribution in [0.25, 0.3) is 0 Å². The van der Waals surface area contributed by atoms with Gasteiger partial charge in [0, 0.05) is 37.8 Å². The molecule has 1 aliphatic heterocycles. The highest BCUT2D eigenvalue weighted by molar-refractivity contribution is 6.32. The summed E-state index contributed by atoms with van der Waals surface area (Å²) in [6.45, 7) is 8.66. The van der Waals surface area contributed by atoms with E-state index in [1.54, 1.807) is 0 Å². The molecule has 2 atom stereocenters. The molecule has 1 aliphatic rings. The second-order valence-electron chi connectivity index (χ2n) is 5.13. The molecule has 0 spiro atoms. The monoisotopic (exact) mass is 301 g/mol. The van der Waals surface area contributed by atoms with Crippen LogP contribution in [0.3, 0.4) is 0 Å². The first kappa shape index (κ1) is 15.0. The predicted molar refractivity (Wildman–Crippen MR) is 80.9 cm³/mol. The number of nitrogens with zero attached hydrogens (tertiary/aromatic N) is 2. The summed E-state index contributed by atoms with van der Waals surface area (Å²) in [6.07, 6.45) is 1.12. The summed E-state index contributed by atoms with van der Waals surface area (Å²) in [6, 6.07) is 4.18. The molecule has 3 nitrogen and oxygen atoms in total. The van der Waals surface area contributed by atoms with Crippen LogP contribution in [-0.2, 0) is 0 Å². The molecule has 2 heterocycles. The SMILES string of the molecule is CCC(C)[C@@H](c1ccc(Cl)nc1Cl)N1CCNCC1. The summed E-state index contributed by atoms with van der Waals surface area (Å²) in [7, 11) is 0. The van der Waals surface area contributed by atoms with Crippen molar-refractivity contribution < 1.29 is 0 Å². The van der Waals surface area contributed by atoms with Crippen molar-refractivity contribution in [2.75, 3.05) is 26.2 Å². The van der Waals surface area contributed by atoms with E-state index in [0.29, 0.717) is 22.3 Å². The van der Waals surface area contributed by atoms with Gasteiger partial charge in [0.15, 0.2) is 0 Å². The van der Waals surface area contributed by atoms with E-state index in [-0.39, 0.29) is 0 Å². The van der Waals surface area contributed by atoms with Gasteiger partial charge in [-0.25, -0.2) is 4.98 Å². The quantitative estimate of drug-likeness (QED) is 0.864. The van der Waals surface area contributed by atoms with E-state index < -0.39 is 0 Å². The van der Waals surface area contributed by atoms with E-state index >= 15 is 0 Å². The van der Waals surface area contributed by atoms with Crippen molar-refractivity contribution >= 4 is 23.2 Å². The van der Waals surface area contributed by atoms with Gasteiger partial charge in [0.2, 0.25) is 0 Å². The van der Waals surface area contributed by atoms with Gasteiger partial charge in [-0.3, -0.25) is 4.90 Å². The molecule has 1 aromatic heterocycles. The lowest BCUT2D eigenvalue weighted by atomic mass is 9.91. The molecule has 2 rings (SSSR count). The molecule has 5 heteroatoms. The summed E-state index contributed by atoms with van der Waals surface area (Å²) in [5.41, 5.74) is 1.10. The van der Waals surface area contributed by atoms with Crippen LogP contribution < -0.4 is 5.32 Å². The average Bonchev–Trinajstić information content (AvgIpc) is 2.42. The first-order valence-corrected chi connectivity index (χ1v) is 7.65. The Hall–Kier alpha value is -0.350. The Bertz CT molecular complexity index is 419. The van der Waals surface area contributed by atoms with E-state index in [4.69, 9.17) is 23.2 Å². The second kappa shape index (κ2) is 6.89. The highest BCUT2D eigenvalue weighted by Crippen LogP contribution is 2.34. The Labute approximate surface area is 125 Å². The Morgan fingerprint density at radius 3 is 2.58 bits per heavy atom. The molecule has 0 saturated carbocycles. The standard InChI is InChI=1S/C14H21Cl2N3/c1-3-10(2)13(19-8-6-17-7-9-19)11-4-5-12(15)18-14(11)16/h4-5,10,13,17H,3,6-9H2,1-2H3/t10?,13-/m0/s1. The van der Waals surface area contributed by atoms with Gasteiger partial charge in [0.1, 0.15) is 10.3 Å². The zero-order valence-corrected chi connectivity index (χ0v) is 13.0. The van der Waals surface area contributed by atoms with Crippen molar-refractivity contribution in [2.45, 2.75) is 26.3 Å². The highest BCUT2D eigenvalue weighted by Gasteiger charge is 2.28. The fraction of sp³-hybridized carbons (Fsp3) is 0.643. The fourth-order valence-electron chi connectivity index (χ4n) is 2.69. The van der Waals surface area contributed by atoms with Crippen molar-refractivity contribution in [3.63, 3.8) is 0 Å². The number of rotatable bonds is 4. The second-order valence-corrected chi connectivity index (χ2v) is 5.88. The Kier molecular flexibility index (Phi) is 5.46. The third kappa shape index (κ3) is 3.60. The lowest BCUT2D eigenvalue weighted by molar-refractivity contribution is 0.128. The average molecular weight is 302 g/mol. The molecule has 106 valence electrons. The largest absolute Gasteiger partial charge is 0.314 e. The van der Waals surface area contributed by atoms with Gasteiger partial charge in [-0.2, -0.15) is 0 Å². The summed E-state index contributed by atoms with van der Waals surface area (Å²) < 4.78 is 0. The minimum absolute atomic E-state index is 0.323. The number of hydrogen-bond acceptors (Lipinski definition) is 3. The normalized spacial score (nSPS) is 20.2. The van der Waals surface area contributed by atoms with Gasteiger partial charge in [-0.15, -0.1) is 0 Å². The zero-order valence-electron chi connectivity index (χ0n) is 11.5. The third-order valence-electron chi connectivity index (χ3n) is 3.89.